The molecule has 106 valence electrons. The van der Waals surface area contributed by atoms with E-state index in [1.54, 1.807) is 4.90 Å². The van der Waals surface area contributed by atoms with Gasteiger partial charge in [-0.2, -0.15) is 0 Å². The molecule has 4 heteroatoms. The molecule has 0 spiro atoms. The third-order valence-corrected chi connectivity index (χ3v) is 3.81. The van der Waals surface area contributed by atoms with Crippen LogP contribution in [-0.2, 0) is 4.79 Å². The third kappa shape index (κ3) is 3.04. The Balaban J connectivity index is 3.20. The van der Waals surface area contributed by atoms with Gasteiger partial charge in [-0.1, -0.05) is 0 Å². The monoisotopic (exact) mass is 256 g/mol. The minimum absolute atomic E-state index is 0.0431. The number of hydrogen-bond donors (Lipinski definition) is 1. The van der Waals surface area contributed by atoms with E-state index in [4.69, 9.17) is 0 Å². The first-order valence-corrected chi connectivity index (χ1v) is 6.76. The van der Waals surface area contributed by atoms with E-state index >= 15 is 0 Å². The molecule has 1 atom stereocenters. The lowest BCUT2D eigenvalue weighted by Gasteiger charge is -2.49. The second-order valence-electron chi connectivity index (χ2n) is 6.89. The first kappa shape index (κ1) is 15.4. The third-order valence-electron chi connectivity index (χ3n) is 3.81. The summed E-state index contributed by atoms with van der Waals surface area (Å²) in [6, 6.07) is -0.225. The van der Waals surface area contributed by atoms with E-state index in [1.807, 2.05) is 7.05 Å². The molecule has 1 unspecified atom stereocenters. The number of carbonyl (C=O) groups excluding carboxylic acids is 1. The molecule has 0 saturated carbocycles. The Labute approximate surface area is 111 Å². The summed E-state index contributed by atoms with van der Waals surface area (Å²) in [6.45, 7) is 11.6. The molecular weight excluding hydrogens is 228 g/mol. The molecule has 1 aliphatic heterocycles. The molecule has 0 aromatic heterocycles. The Morgan fingerprint density at radius 2 is 1.94 bits per heavy atom. The molecule has 0 aromatic rings. The Kier molecular flexibility index (Phi) is 4.44. The predicted molar refractivity (Wildman–Crippen MR) is 73.4 cm³/mol. The fourth-order valence-electron chi connectivity index (χ4n) is 3.21. The molecule has 1 heterocycles. The molecular formula is C14H28N2O2. The molecule has 1 saturated heterocycles. The van der Waals surface area contributed by atoms with Gasteiger partial charge in [0.05, 0.1) is 6.04 Å². The summed E-state index contributed by atoms with van der Waals surface area (Å²) in [4.78, 5) is 16.5. The molecule has 4 nitrogen and oxygen atoms in total. The van der Waals surface area contributed by atoms with Crippen molar-refractivity contribution in [1.82, 2.24) is 9.80 Å². The Hall–Kier alpha value is -0.610. The van der Waals surface area contributed by atoms with Crippen molar-refractivity contribution in [1.29, 1.82) is 0 Å². The fourth-order valence-corrected chi connectivity index (χ4v) is 3.21. The van der Waals surface area contributed by atoms with Gasteiger partial charge in [-0.25, -0.2) is 0 Å². The van der Waals surface area contributed by atoms with E-state index in [9.17, 15) is 9.90 Å². The molecule has 18 heavy (non-hydrogen) atoms. The number of hydrogen-bond acceptors (Lipinski definition) is 3. The Bertz CT molecular complexity index is 307. The summed E-state index contributed by atoms with van der Waals surface area (Å²) >= 11 is 0. The molecule has 1 N–H and O–H groups in total. The number of aliphatic hydroxyl groups excluding tert-OH is 1. The standard InChI is InChI=1S/C14H28N2O2/c1-13(2,3)16-11(7-10-17)12(18)15(6)9-8-14(16,4)5/h11,17H,7-10H2,1-6H3. The topological polar surface area (TPSA) is 43.8 Å². The van der Waals surface area contributed by atoms with Gasteiger partial charge in [-0.15, -0.1) is 0 Å². The summed E-state index contributed by atoms with van der Waals surface area (Å²) in [5.74, 6) is 0.129. The number of likely N-dealkylation sites (N-methyl/N-ethyl adjacent to an activating group) is 1. The van der Waals surface area contributed by atoms with E-state index in [2.05, 4.69) is 39.5 Å². The quantitative estimate of drug-likeness (QED) is 0.814. The van der Waals surface area contributed by atoms with Gasteiger partial charge in [0.1, 0.15) is 0 Å². The summed E-state index contributed by atoms with van der Waals surface area (Å²) < 4.78 is 0. The van der Waals surface area contributed by atoms with Crippen LogP contribution in [0, 0.1) is 0 Å². The lowest BCUT2D eigenvalue weighted by molar-refractivity contribution is -0.139. The van der Waals surface area contributed by atoms with Gasteiger partial charge in [0.25, 0.3) is 0 Å². The Morgan fingerprint density at radius 3 is 2.39 bits per heavy atom. The minimum atomic E-state index is -0.225. The predicted octanol–water partition coefficient (Wildman–Crippen LogP) is 1.48. The summed E-state index contributed by atoms with van der Waals surface area (Å²) in [5.41, 5.74) is -0.136. The molecule has 1 aliphatic rings. The van der Waals surface area contributed by atoms with Crippen molar-refractivity contribution in [3.63, 3.8) is 0 Å². The van der Waals surface area contributed by atoms with Crippen LogP contribution in [0.5, 0.6) is 0 Å². The molecule has 0 aliphatic carbocycles. The maximum Gasteiger partial charge on any atom is 0.239 e. The average molecular weight is 256 g/mol. The van der Waals surface area contributed by atoms with E-state index < -0.39 is 0 Å². The zero-order chi connectivity index (χ0) is 14.1. The van der Waals surface area contributed by atoms with Crippen LogP contribution in [0.3, 0.4) is 0 Å². The largest absolute Gasteiger partial charge is 0.396 e. The van der Waals surface area contributed by atoms with Crippen LogP contribution in [0.2, 0.25) is 0 Å². The highest BCUT2D eigenvalue weighted by Gasteiger charge is 2.45. The van der Waals surface area contributed by atoms with Crippen molar-refractivity contribution in [3.05, 3.63) is 0 Å². The van der Waals surface area contributed by atoms with Crippen molar-refractivity contribution < 1.29 is 9.90 Å². The lowest BCUT2D eigenvalue weighted by Crippen LogP contribution is -2.60. The second kappa shape index (κ2) is 5.17. The molecule has 0 radical (unpaired) electrons. The zero-order valence-electron chi connectivity index (χ0n) is 12.7. The van der Waals surface area contributed by atoms with Crippen molar-refractivity contribution in [3.8, 4) is 0 Å². The van der Waals surface area contributed by atoms with Crippen LogP contribution in [0.4, 0.5) is 0 Å². The highest BCUT2D eigenvalue weighted by molar-refractivity contribution is 5.82. The number of amides is 1. The van der Waals surface area contributed by atoms with Crippen LogP contribution < -0.4 is 0 Å². The van der Waals surface area contributed by atoms with E-state index in [-0.39, 0.29) is 29.6 Å². The number of aliphatic hydroxyl groups is 1. The van der Waals surface area contributed by atoms with Crippen molar-refractivity contribution in [2.75, 3.05) is 20.2 Å². The van der Waals surface area contributed by atoms with Gasteiger partial charge < -0.3 is 10.0 Å². The first-order chi connectivity index (χ1) is 8.11. The molecule has 1 rings (SSSR count). The van der Waals surface area contributed by atoms with Gasteiger partial charge in [-0.3, -0.25) is 9.69 Å². The van der Waals surface area contributed by atoms with Gasteiger partial charge in [-0.05, 0) is 47.5 Å². The van der Waals surface area contributed by atoms with E-state index in [1.165, 1.54) is 0 Å². The van der Waals surface area contributed by atoms with E-state index in [0.717, 1.165) is 13.0 Å². The summed E-state index contributed by atoms with van der Waals surface area (Å²) in [5, 5.41) is 9.27. The Morgan fingerprint density at radius 1 is 1.39 bits per heavy atom. The number of rotatable bonds is 2. The van der Waals surface area contributed by atoms with Crippen LogP contribution in [0.1, 0.15) is 47.5 Å². The first-order valence-electron chi connectivity index (χ1n) is 6.76. The smallest absolute Gasteiger partial charge is 0.239 e. The van der Waals surface area contributed by atoms with Gasteiger partial charge >= 0.3 is 0 Å². The number of nitrogens with zero attached hydrogens (tertiary/aromatic N) is 2. The van der Waals surface area contributed by atoms with Crippen LogP contribution in [0.15, 0.2) is 0 Å². The SMILES string of the molecule is CN1CCC(C)(C)N(C(C)(C)C)C(CCO)C1=O. The fraction of sp³-hybridized carbons (Fsp3) is 0.929. The second-order valence-corrected chi connectivity index (χ2v) is 6.89. The van der Waals surface area contributed by atoms with Gasteiger partial charge in [0.15, 0.2) is 0 Å². The highest BCUT2D eigenvalue weighted by atomic mass is 16.3. The van der Waals surface area contributed by atoms with Gasteiger partial charge in [0, 0.05) is 31.3 Å². The van der Waals surface area contributed by atoms with Crippen LogP contribution >= 0.6 is 0 Å². The normalized spacial score (nSPS) is 26.3. The number of carbonyl (C=O) groups is 1. The highest BCUT2D eigenvalue weighted by Crippen LogP contribution is 2.34. The van der Waals surface area contributed by atoms with E-state index in [0.29, 0.717) is 6.42 Å². The zero-order valence-corrected chi connectivity index (χ0v) is 12.7. The molecule has 0 bridgehead atoms. The van der Waals surface area contributed by atoms with Crippen LogP contribution in [-0.4, -0.2) is 58.1 Å². The minimum Gasteiger partial charge on any atom is -0.396 e. The maximum atomic E-state index is 12.5. The molecule has 1 fully saturated rings. The lowest BCUT2D eigenvalue weighted by atomic mass is 9.89. The summed E-state index contributed by atoms with van der Waals surface area (Å²) in [7, 11) is 1.86. The summed E-state index contributed by atoms with van der Waals surface area (Å²) in [6.07, 6.45) is 1.46. The van der Waals surface area contributed by atoms with Crippen molar-refractivity contribution in [2.24, 2.45) is 0 Å². The van der Waals surface area contributed by atoms with Crippen LogP contribution in [0.25, 0.3) is 0 Å². The van der Waals surface area contributed by atoms with Crippen molar-refractivity contribution >= 4 is 5.91 Å². The molecule has 1 amide bonds. The van der Waals surface area contributed by atoms with Crippen molar-refractivity contribution in [2.45, 2.75) is 64.6 Å². The average Bonchev–Trinajstić information content (AvgIpc) is 2.28. The molecule has 0 aromatic carbocycles. The maximum absolute atomic E-state index is 12.5. The van der Waals surface area contributed by atoms with Gasteiger partial charge in [0.2, 0.25) is 5.91 Å².